The first kappa shape index (κ1) is 37.7. The van der Waals surface area contributed by atoms with Gasteiger partial charge in [-0.2, -0.15) is 9.36 Å². The Morgan fingerprint density at radius 2 is 0.941 bits per heavy atom. The number of carbonyl (C=O) groups excluding carboxylic acids is 4. The molecule has 1 unspecified atom stereocenters. The van der Waals surface area contributed by atoms with Crippen LogP contribution in [0.2, 0.25) is 0 Å². The van der Waals surface area contributed by atoms with Crippen LogP contribution in [0.15, 0.2) is 121 Å². The number of anilines is 2. The van der Waals surface area contributed by atoms with E-state index in [1.54, 1.807) is 0 Å². The molecule has 4 N–H and O–H groups in total. The van der Waals surface area contributed by atoms with Crippen LogP contribution < -0.4 is 21.3 Å². The van der Waals surface area contributed by atoms with Crippen molar-refractivity contribution in [3.8, 4) is 0 Å². The zero-order valence-electron chi connectivity index (χ0n) is 28.3. The second kappa shape index (κ2) is 20.4. The van der Waals surface area contributed by atoms with Crippen molar-refractivity contribution in [1.82, 2.24) is 20.0 Å². The molecule has 0 bridgehead atoms. The summed E-state index contributed by atoms with van der Waals surface area (Å²) >= 11 is 0.842. The van der Waals surface area contributed by atoms with Gasteiger partial charge in [-0.25, -0.2) is 9.59 Å². The van der Waals surface area contributed by atoms with Crippen molar-refractivity contribution in [3.05, 3.63) is 144 Å². The van der Waals surface area contributed by atoms with Gasteiger partial charge in [0.25, 0.3) is 0 Å². The van der Waals surface area contributed by atoms with E-state index in [0.29, 0.717) is 0 Å². The van der Waals surface area contributed by atoms with Crippen LogP contribution in [0.3, 0.4) is 0 Å². The first-order valence-corrected chi connectivity index (χ1v) is 17.2. The van der Waals surface area contributed by atoms with Gasteiger partial charge in [0, 0.05) is 24.4 Å². The smallest absolute Gasteiger partial charge is 0.408 e. The molecule has 51 heavy (non-hydrogen) atoms. The fraction of sp³-hybridized carbons (Fsp3) is 0.211. The molecule has 0 spiro atoms. The minimum absolute atomic E-state index is 0.0356. The van der Waals surface area contributed by atoms with Gasteiger partial charge >= 0.3 is 12.2 Å². The van der Waals surface area contributed by atoms with E-state index in [-0.39, 0.29) is 37.1 Å². The lowest BCUT2D eigenvalue weighted by Gasteiger charge is -2.18. The normalized spacial score (nSPS) is 11.4. The number of hydrogen-bond acceptors (Lipinski definition) is 9. The fourth-order valence-corrected chi connectivity index (χ4v) is 5.18. The van der Waals surface area contributed by atoms with Crippen molar-refractivity contribution in [2.75, 3.05) is 10.6 Å². The molecule has 1 aromatic heterocycles. The summed E-state index contributed by atoms with van der Waals surface area (Å²) in [5.74, 6) is -1.21. The van der Waals surface area contributed by atoms with Crippen LogP contribution >= 0.6 is 11.5 Å². The Bertz CT molecular complexity index is 1680. The zero-order chi connectivity index (χ0) is 36.3. The molecule has 0 aliphatic heterocycles. The molecule has 4 aromatic carbocycles. The third-order valence-electron chi connectivity index (χ3n) is 7.10. The number of nitrogens with one attached hydrogen (secondary N) is 4. The lowest BCUT2D eigenvalue weighted by atomic mass is 10.1. The van der Waals surface area contributed by atoms with Crippen molar-refractivity contribution >= 4 is 46.6 Å². The maximum absolute atomic E-state index is 13.4. The largest absolute Gasteiger partial charge is 0.445 e. The summed E-state index contributed by atoms with van der Waals surface area (Å²) in [5.41, 5.74) is 3.23. The molecule has 4 amide bonds. The third kappa shape index (κ3) is 13.0. The Kier molecular flexibility index (Phi) is 15.1. The number of ether oxygens (including phenoxy) is 2. The first-order valence-electron chi connectivity index (χ1n) is 16.4. The standard InChI is InChI=1S/C36H34N6O6S.C2H6/c43-31(29(21-25-13-5-1-6-14-25)37-35(45)47-23-27-17-9-3-10-18-27)39-33-41-34(49-42-33)40-32(44)30(22-26-15-7-2-8-16-26)38-36(46)48-24-28-19-11-4-12-20-28;1-2/h1-20,29-30H,21-24H2,(H,37,45)(H,38,46)(H2,39,40,41,42,43,44);1-2H3/t29?,30-;/m1./s1. The van der Waals surface area contributed by atoms with Crippen molar-refractivity contribution in [1.29, 1.82) is 0 Å². The fourth-order valence-electron chi connectivity index (χ4n) is 4.65. The molecule has 0 aliphatic rings. The minimum Gasteiger partial charge on any atom is -0.445 e. The van der Waals surface area contributed by atoms with Crippen LogP contribution in [0.5, 0.6) is 0 Å². The molecular weight excluding hydrogens is 669 g/mol. The number of rotatable bonds is 14. The summed E-state index contributed by atoms with van der Waals surface area (Å²) in [5, 5.41) is 10.6. The number of alkyl carbamates (subject to hydrolysis) is 2. The molecule has 0 saturated heterocycles. The van der Waals surface area contributed by atoms with Gasteiger partial charge in [-0.15, -0.1) is 0 Å². The van der Waals surface area contributed by atoms with Gasteiger partial charge in [0.1, 0.15) is 25.3 Å². The van der Waals surface area contributed by atoms with Gasteiger partial charge in [0.05, 0.1) is 0 Å². The van der Waals surface area contributed by atoms with Gasteiger partial charge in [-0.05, 0) is 22.3 Å². The number of benzene rings is 4. The first-order chi connectivity index (χ1) is 24.9. The second-order valence-electron chi connectivity index (χ2n) is 10.8. The minimum atomic E-state index is -1.02. The SMILES string of the molecule is CC.O=C(NC(Cc1ccccc1)C(=O)Nc1nsc(NC(=O)[C@@H](Cc2ccccc2)NC(=O)OCc2ccccc2)n1)OCc1ccccc1. The van der Waals surface area contributed by atoms with Gasteiger partial charge in [-0.3, -0.25) is 20.2 Å². The predicted molar refractivity (Wildman–Crippen MR) is 196 cm³/mol. The molecule has 0 saturated carbocycles. The van der Waals surface area contributed by atoms with Crippen molar-refractivity contribution < 1.29 is 28.7 Å². The Labute approximate surface area is 300 Å². The van der Waals surface area contributed by atoms with Gasteiger partial charge in [-0.1, -0.05) is 135 Å². The number of amides is 4. The maximum Gasteiger partial charge on any atom is 0.408 e. The highest BCUT2D eigenvalue weighted by Crippen LogP contribution is 2.17. The van der Waals surface area contributed by atoms with E-state index in [1.165, 1.54) is 0 Å². The Morgan fingerprint density at radius 3 is 1.35 bits per heavy atom. The Morgan fingerprint density at radius 1 is 0.569 bits per heavy atom. The van der Waals surface area contributed by atoms with Crippen LogP contribution in [-0.4, -0.2) is 45.4 Å². The van der Waals surface area contributed by atoms with Crippen molar-refractivity contribution in [3.63, 3.8) is 0 Å². The van der Waals surface area contributed by atoms with E-state index in [0.717, 1.165) is 33.8 Å². The number of hydrogen-bond donors (Lipinski definition) is 4. The van der Waals surface area contributed by atoms with Crippen LogP contribution in [-0.2, 0) is 45.1 Å². The topological polar surface area (TPSA) is 161 Å². The second-order valence-corrected chi connectivity index (χ2v) is 11.6. The van der Waals surface area contributed by atoms with Crippen LogP contribution in [0.4, 0.5) is 20.7 Å². The van der Waals surface area contributed by atoms with E-state index in [4.69, 9.17) is 9.47 Å². The van der Waals surface area contributed by atoms with E-state index in [1.807, 2.05) is 135 Å². The number of carbonyl (C=O) groups is 4. The molecule has 1 heterocycles. The summed E-state index contributed by atoms with van der Waals surface area (Å²) in [7, 11) is 0. The number of aromatic nitrogens is 2. The van der Waals surface area contributed by atoms with Gasteiger partial charge in [0.2, 0.25) is 22.9 Å². The average Bonchev–Trinajstić information content (AvgIpc) is 3.61. The monoisotopic (exact) mass is 708 g/mol. The van der Waals surface area contributed by atoms with Gasteiger partial charge < -0.3 is 20.1 Å². The third-order valence-corrected chi connectivity index (χ3v) is 7.73. The highest BCUT2D eigenvalue weighted by Gasteiger charge is 2.26. The molecule has 12 nitrogen and oxygen atoms in total. The highest BCUT2D eigenvalue weighted by molar-refractivity contribution is 7.10. The van der Waals surface area contributed by atoms with E-state index >= 15 is 0 Å². The molecular formula is C38H40N6O6S. The van der Waals surface area contributed by atoms with Crippen molar-refractivity contribution in [2.45, 2.75) is 52.0 Å². The van der Waals surface area contributed by atoms with Crippen LogP contribution in [0, 0.1) is 0 Å². The highest BCUT2D eigenvalue weighted by atomic mass is 32.1. The Hall–Kier alpha value is -6.08. The molecule has 0 aliphatic carbocycles. The molecule has 0 radical (unpaired) electrons. The lowest BCUT2D eigenvalue weighted by molar-refractivity contribution is -0.118. The molecule has 2 atom stereocenters. The van der Waals surface area contributed by atoms with E-state index in [2.05, 4.69) is 30.6 Å². The molecule has 264 valence electrons. The van der Waals surface area contributed by atoms with Gasteiger partial charge in [0.15, 0.2) is 0 Å². The molecule has 0 fully saturated rings. The summed E-state index contributed by atoms with van der Waals surface area (Å²) in [6.07, 6.45) is -1.17. The van der Waals surface area contributed by atoms with E-state index < -0.39 is 36.1 Å². The summed E-state index contributed by atoms with van der Waals surface area (Å²) in [6.45, 7) is 4.07. The Balaban J connectivity index is 0.00000286. The molecule has 5 aromatic rings. The molecule has 13 heteroatoms. The zero-order valence-corrected chi connectivity index (χ0v) is 29.1. The number of nitrogens with zero attached hydrogens (tertiary/aromatic N) is 2. The summed E-state index contributed by atoms with van der Waals surface area (Å²) in [4.78, 5) is 56.3. The van der Waals surface area contributed by atoms with Crippen LogP contribution in [0.25, 0.3) is 0 Å². The molecule has 5 rings (SSSR count). The summed E-state index contributed by atoms with van der Waals surface area (Å²) < 4.78 is 14.8. The predicted octanol–water partition coefficient (Wildman–Crippen LogP) is 6.52. The van der Waals surface area contributed by atoms with E-state index in [9.17, 15) is 19.2 Å². The maximum atomic E-state index is 13.4. The summed E-state index contributed by atoms with van der Waals surface area (Å²) in [6, 6.07) is 34.7. The van der Waals surface area contributed by atoms with Crippen LogP contribution in [0.1, 0.15) is 36.1 Å². The van der Waals surface area contributed by atoms with Crippen molar-refractivity contribution in [2.24, 2.45) is 0 Å². The average molecular weight is 709 g/mol. The lowest BCUT2D eigenvalue weighted by Crippen LogP contribution is -2.45. The quantitative estimate of drug-likeness (QED) is 0.102.